The first kappa shape index (κ1) is 11.3. The number of nitrogens with zero attached hydrogens (tertiary/aromatic N) is 2. The van der Waals surface area contributed by atoms with Crippen LogP contribution in [0.1, 0.15) is 30.9 Å². The van der Waals surface area contributed by atoms with E-state index in [9.17, 15) is 9.59 Å². The molecule has 0 atom stereocenters. The molecule has 0 unspecified atom stereocenters. The molecule has 0 aliphatic carbocycles. The summed E-state index contributed by atoms with van der Waals surface area (Å²) in [5.74, 6) is -0.943. The highest BCUT2D eigenvalue weighted by molar-refractivity contribution is 6.03. The Morgan fingerprint density at radius 1 is 1.33 bits per heavy atom. The van der Waals surface area contributed by atoms with Crippen LogP contribution in [0.15, 0.2) is 18.5 Å². The van der Waals surface area contributed by atoms with E-state index in [-0.39, 0.29) is 18.3 Å². The number of ketones is 1. The maximum atomic E-state index is 11.4. The van der Waals surface area contributed by atoms with Gasteiger partial charge >= 0.3 is 5.97 Å². The van der Waals surface area contributed by atoms with Crippen molar-refractivity contribution < 1.29 is 14.3 Å². The van der Waals surface area contributed by atoms with Crippen molar-refractivity contribution in [2.45, 2.75) is 26.4 Å². The van der Waals surface area contributed by atoms with Crippen LogP contribution in [0.2, 0.25) is 0 Å². The summed E-state index contributed by atoms with van der Waals surface area (Å²) >= 11 is 0. The van der Waals surface area contributed by atoms with Crippen molar-refractivity contribution in [2.24, 2.45) is 0 Å². The van der Waals surface area contributed by atoms with Crippen LogP contribution in [0.4, 0.5) is 0 Å². The lowest BCUT2D eigenvalue weighted by Crippen LogP contribution is -2.17. The Morgan fingerprint density at radius 2 is 1.93 bits per heavy atom. The van der Waals surface area contributed by atoms with Gasteiger partial charge in [0.15, 0.2) is 5.82 Å². The van der Waals surface area contributed by atoms with E-state index in [0.717, 1.165) is 0 Å². The van der Waals surface area contributed by atoms with Crippen LogP contribution in [0.25, 0.3) is 0 Å². The predicted octanol–water partition coefficient (Wildman–Crippen LogP) is 1.00. The topological polar surface area (TPSA) is 69.2 Å². The largest absolute Gasteiger partial charge is 0.463 e. The van der Waals surface area contributed by atoms with Crippen molar-refractivity contribution in [1.82, 2.24) is 9.97 Å². The summed E-state index contributed by atoms with van der Waals surface area (Å²) in [4.78, 5) is 30.0. The molecule has 0 N–H and O–H groups in total. The summed E-state index contributed by atoms with van der Waals surface area (Å²) in [5, 5.41) is 0. The molecule has 0 saturated carbocycles. The summed E-state index contributed by atoms with van der Waals surface area (Å²) in [6.45, 7) is 3.45. The third-order valence-corrected chi connectivity index (χ3v) is 1.49. The van der Waals surface area contributed by atoms with Crippen LogP contribution in [0.3, 0.4) is 0 Å². The van der Waals surface area contributed by atoms with Crippen molar-refractivity contribution >= 4 is 11.8 Å². The zero-order chi connectivity index (χ0) is 11.3. The van der Waals surface area contributed by atoms with Crippen LogP contribution < -0.4 is 0 Å². The van der Waals surface area contributed by atoms with E-state index < -0.39 is 11.8 Å². The fraction of sp³-hybridized carbons (Fsp3) is 0.400. The minimum Gasteiger partial charge on any atom is -0.463 e. The fourth-order valence-electron chi connectivity index (χ4n) is 0.958. The van der Waals surface area contributed by atoms with Gasteiger partial charge in [-0.1, -0.05) is 0 Å². The van der Waals surface area contributed by atoms with E-state index in [4.69, 9.17) is 4.74 Å². The van der Waals surface area contributed by atoms with E-state index in [1.165, 1.54) is 12.4 Å². The van der Waals surface area contributed by atoms with Crippen LogP contribution in [0, 0.1) is 0 Å². The average molecular weight is 208 g/mol. The van der Waals surface area contributed by atoms with Gasteiger partial charge < -0.3 is 4.74 Å². The summed E-state index contributed by atoms with van der Waals surface area (Å²) < 4.78 is 4.83. The third kappa shape index (κ3) is 3.84. The van der Waals surface area contributed by atoms with Crippen LogP contribution in [-0.4, -0.2) is 27.8 Å². The number of hydrogen-bond donors (Lipinski definition) is 0. The van der Waals surface area contributed by atoms with Crippen molar-refractivity contribution in [3.63, 3.8) is 0 Å². The quantitative estimate of drug-likeness (QED) is 0.419. The molecule has 0 aromatic carbocycles. The van der Waals surface area contributed by atoms with Gasteiger partial charge in [-0.2, -0.15) is 0 Å². The lowest BCUT2D eigenvalue weighted by atomic mass is 10.2. The van der Waals surface area contributed by atoms with Gasteiger partial charge in [-0.3, -0.25) is 9.59 Å². The smallest absolute Gasteiger partial charge is 0.314 e. The molecule has 80 valence electrons. The maximum absolute atomic E-state index is 11.4. The Hall–Kier alpha value is -1.78. The summed E-state index contributed by atoms with van der Waals surface area (Å²) in [6, 6.07) is 1.60. The molecular weight excluding hydrogens is 196 g/mol. The van der Waals surface area contributed by atoms with Crippen LogP contribution in [0.5, 0.6) is 0 Å². The Morgan fingerprint density at radius 3 is 2.47 bits per heavy atom. The predicted molar refractivity (Wildman–Crippen MR) is 52.2 cm³/mol. The van der Waals surface area contributed by atoms with Gasteiger partial charge in [-0.15, -0.1) is 0 Å². The van der Waals surface area contributed by atoms with Crippen molar-refractivity contribution in [2.75, 3.05) is 0 Å². The van der Waals surface area contributed by atoms with E-state index in [1.54, 1.807) is 19.9 Å². The monoisotopic (exact) mass is 208 g/mol. The minimum atomic E-state index is -0.553. The highest BCUT2D eigenvalue weighted by Gasteiger charge is 2.15. The first-order chi connectivity index (χ1) is 7.09. The van der Waals surface area contributed by atoms with E-state index in [1.807, 2.05) is 0 Å². The van der Waals surface area contributed by atoms with Gasteiger partial charge in [-0.05, 0) is 19.9 Å². The summed E-state index contributed by atoms with van der Waals surface area (Å²) in [5.41, 5.74) is 0. The molecule has 0 aliphatic rings. The molecule has 0 fully saturated rings. The molecule has 1 rings (SSSR count). The minimum absolute atomic E-state index is 0.0400. The Kier molecular flexibility index (Phi) is 3.91. The van der Waals surface area contributed by atoms with Gasteiger partial charge in [0, 0.05) is 12.4 Å². The average Bonchev–Trinajstić information content (AvgIpc) is 2.17. The van der Waals surface area contributed by atoms with Crippen molar-refractivity contribution in [1.29, 1.82) is 0 Å². The number of carbonyl (C=O) groups is 2. The number of ether oxygens (including phenoxy) is 1. The first-order valence-electron chi connectivity index (χ1n) is 4.59. The van der Waals surface area contributed by atoms with Gasteiger partial charge in [0.25, 0.3) is 0 Å². The van der Waals surface area contributed by atoms with Gasteiger partial charge in [-0.25, -0.2) is 9.97 Å². The maximum Gasteiger partial charge on any atom is 0.314 e. The zero-order valence-corrected chi connectivity index (χ0v) is 8.64. The Balaban J connectivity index is 2.53. The highest BCUT2D eigenvalue weighted by Crippen LogP contribution is 1.99. The van der Waals surface area contributed by atoms with E-state index >= 15 is 0 Å². The van der Waals surface area contributed by atoms with Crippen LogP contribution >= 0.6 is 0 Å². The summed E-state index contributed by atoms with van der Waals surface area (Å²) in [6.07, 6.45) is 2.37. The van der Waals surface area contributed by atoms with Crippen molar-refractivity contribution in [3.05, 3.63) is 24.3 Å². The standard InChI is InChI=1S/C10H12N2O3/c1-7(2)15-9(14)6-8(13)10-11-4-3-5-12-10/h3-5,7H,6H2,1-2H3. The Bertz CT molecular complexity index is 349. The van der Waals surface area contributed by atoms with E-state index in [2.05, 4.69) is 9.97 Å². The number of aromatic nitrogens is 2. The lowest BCUT2D eigenvalue weighted by molar-refractivity contribution is -0.146. The molecule has 1 aromatic heterocycles. The number of Topliss-reactive ketones (excluding diaryl/α,β-unsaturated/α-hetero) is 1. The summed E-state index contributed by atoms with van der Waals surface area (Å²) in [7, 11) is 0. The highest BCUT2D eigenvalue weighted by atomic mass is 16.5. The zero-order valence-electron chi connectivity index (χ0n) is 8.64. The molecule has 0 amide bonds. The normalized spacial score (nSPS) is 10.1. The van der Waals surface area contributed by atoms with Crippen molar-refractivity contribution in [3.8, 4) is 0 Å². The van der Waals surface area contributed by atoms with Crippen LogP contribution in [-0.2, 0) is 9.53 Å². The number of esters is 1. The number of rotatable bonds is 4. The molecule has 0 bridgehead atoms. The molecule has 1 aromatic rings. The second-order valence-electron chi connectivity index (χ2n) is 3.21. The molecule has 0 spiro atoms. The second kappa shape index (κ2) is 5.19. The lowest BCUT2D eigenvalue weighted by Gasteiger charge is -2.06. The molecular formula is C10H12N2O3. The molecule has 5 nitrogen and oxygen atoms in total. The Labute approximate surface area is 87.5 Å². The SMILES string of the molecule is CC(C)OC(=O)CC(=O)c1ncccn1. The van der Waals surface area contributed by atoms with Gasteiger partial charge in [0.05, 0.1) is 6.10 Å². The fourth-order valence-corrected chi connectivity index (χ4v) is 0.958. The molecule has 15 heavy (non-hydrogen) atoms. The number of hydrogen-bond acceptors (Lipinski definition) is 5. The first-order valence-corrected chi connectivity index (χ1v) is 4.59. The molecule has 1 heterocycles. The van der Waals surface area contributed by atoms with E-state index in [0.29, 0.717) is 0 Å². The van der Waals surface area contributed by atoms with Gasteiger partial charge in [0.2, 0.25) is 5.78 Å². The number of carbonyl (C=O) groups excluding carboxylic acids is 2. The molecule has 0 aliphatic heterocycles. The molecule has 0 radical (unpaired) electrons. The third-order valence-electron chi connectivity index (χ3n) is 1.49. The molecule has 0 saturated heterocycles. The van der Waals surface area contributed by atoms with Gasteiger partial charge in [0.1, 0.15) is 6.42 Å². The second-order valence-corrected chi connectivity index (χ2v) is 3.21. The molecule has 5 heteroatoms.